The zero-order valence-corrected chi connectivity index (χ0v) is 11.5. The highest BCUT2D eigenvalue weighted by Gasteiger charge is 2.15. The van der Waals surface area contributed by atoms with Gasteiger partial charge in [0.15, 0.2) is 0 Å². The highest BCUT2D eigenvalue weighted by atomic mass is 32.2. The summed E-state index contributed by atoms with van der Waals surface area (Å²) in [5.74, 6) is -0.260. The van der Waals surface area contributed by atoms with E-state index in [1.165, 1.54) is 12.3 Å². The van der Waals surface area contributed by atoms with E-state index in [0.717, 1.165) is 11.3 Å². The fourth-order valence-corrected chi connectivity index (χ4v) is 3.08. The zero-order chi connectivity index (χ0) is 14.0. The predicted molar refractivity (Wildman–Crippen MR) is 68.1 cm³/mol. The molecule has 3 N–H and O–H groups in total. The molecule has 0 aliphatic carbocycles. The van der Waals surface area contributed by atoms with E-state index >= 15 is 0 Å². The monoisotopic (exact) mass is 301 g/mol. The Morgan fingerprint density at radius 1 is 1.53 bits per heavy atom. The van der Waals surface area contributed by atoms with E-state index in [-0.39, 0.29) is 16.5 Å². The quantitative estimate of drug-likeness (QED) is 0.859. The molecule has 0 aromatic carbocycles. The molecule has 102 valence electrons. The highest BCUT2D eigenvalue weighted by Crippen LogP contribution is 2.20. The van der Waals surface area contributed by atoms with Crippen molar-refractivity contribution >= 4 is 27.3 Å². The molecule has 2 aromatic rings. The van der Waals surface area contributed by atoms with Crippen LogP contribution >= 0.6 is 11.3 Å². The van der Waals surface area contributed by atoms with Gasteiger partial charge in [-0.3, -0.25) is 4.79 Å². The molecule has 0 aliphatic rings. The van der Waals surface area contributed by atoms with Crippen molar-refractivity contribution in [2.24, 2.45) is 5.14 Å². The third-order valence-electron chi connectivity index (χ3n) is 2.30. The van der Waals surface area contributed by atoms with Crippen LogP contribution in [0.2, 0.25) is 0 Å². The average Bonchev–Trinajstić information content (AvgIpc) is 2.93. The number of carbonyl (C=O) groups excluding carboxylic acids is 1. The Morgan fingerprint density at radius 2 is 2.26 bits per heavy atom. The van der Waals surface area contributed by atoms with Crippen LogP contribution in [0.1, 0.15) is 21.0 Å². The van der Waals surface area contributed by atoms with Crippen LogP contribution in [-0.2, 0) is 16.6 Å². The first-order valence-electron chi connectivity index (χ1n) is 5.19. The number of rotatable bonds is 4. The molecule has 0 spiro atoms. The standard InChI is InChI=1S/C10H11N3O4S2/c1-6-4-13-17-9(6)10(14)12-5-7-2-3-8(18-7)19(11,15)16/h2-4H,5H2,1H3,(H,12,14)(H2,11,15,16). The SMILES string of the molecule is Cc1cnoc1C(=O)NCc1ccc(S(N)(=O)=O)s1. The van der Waals surface area contributed by atoms with Crippen LogP contribution in [0.15, 0.2) is 27.1 Å². The number of nitrogens with one attached hydrogen (secondary N) is 1. The van der Waals surface area contributed by atoms with Gasteiger partial charge >= 0.3 is 0 Å². The third kappa shape index (κ3) is 3.19. The summed E-state index contributed by atoms with van der Waals surface area (Å²) in [6.45, 7) is 1.90. The summed E-state index contributed by atoms with van der Waals surface area (Å²) in [5.41, 5.74) is 0.633. The molecule has 0 fully saturated rings. The molecule has 2 heterocycles. The van der Waals surface area contributed by atoms with E-state index in [1.54, 1.807) is 13.0 Å². The smallest absolute Gasteiger partial charge is 0.290 e. The molecule has 2 aromatic heterocycles. The Bertz CT molecular complexity index is 702. The summed E-state index contributed by atoms with van der Waals surface area (Å²) in [6.07, 6.45) is 1.44. The molecule has 0 radical (unpaired) electrons. The Labute approximate surface area is 113 Å². The van der Waals surface area contributed by atoms with E-state index in [2.05, 4.69) is 10.5 Å². The Balaban J connectivity index is 2.02. The molecular formula is C10H11N3O4S2. The van der Waals surface area contributed by atoms with Crippen LogP contribution in [0.3, 0.4) is 0 Å². The van der Waals surface area contributed by atoms with Gasteiger partial charge in [0.1, 0.15) is 4.21 Å². The first-order valence-corrected chi connectivity index (χ1v) is 7.55. The highest BCUT2D eigenvalue weighted by molar-refractivity contribution is 7.91. The Hall–Kier alpha value is -1.71. The van der Waals surface area contributed by atoms with E-state index in [9.17, 15) is 13.2 Å². The van der Waals surface area contributed by atoms with Crippen LogP contribution in [0.25, 0.3) is 0 Å². The lowest BCUT2D eigenvalue weighted by Crippen LogP contribution is -2.22. The number of sulfonamides is 1. The van der Waals surface area contributed by atoms with Gasteiger partial charge in [0.25, 0.3) is 5.91 Å². The summed E-state index contributed by atoms with van der Waals surface area (Å²) in [4.78, 5) is 12.4. The number of primary sulfonamides is 1. The van der Waals surface area contributed by atoms with Crippen LogP contribution in [0.4, 0.5) is 0 Å². The molecular weight excluding hydrogens is 290 g/mol. The number of hydrogen-bond acceptors (Lipinski definition) is 6. The summed E-state index contributed by atoms with van der Waals surface area (Å²) in [6, 6.07) is 3.00. The summed E-state index contributed by atoms with van der Waals surface area (Å²) < 4.78 is 27.0. The van der Waals surface area contributed by atoms with Gasteiger partial charge in [-0.1, -0.05) is 5.16 Å². The maximum absolute atomic E-state index is 11.7. The summed E-state index contributed by atoms with van der Waals surface area (Å²) in [7, 11) is -3.69. The zero-order valence-electron chi connectivity index (χ0n) is 9.91. The minimum atomic E-state index is -3.69. The molecule has 0 unspecified atom stereocenters. The van der Waals surface area contributed by atoms with Crippen molar-refractivity contribution in [1.29, 1.82) is 0 Å². The second-order valence-corrected chi connectivity index (χ2v) is 6.74. The molecule has 2 rings (SSSR count). The molecule has 0 saturated heterocycles. The van der Waals surface area contributed by atoms with Crippen molar-refractivity contribution in [2.75, 3.05) is 0 Å². The number of hydrogen-bond donors (Lipinski definition) is 2. The second kappa shape index (κ2) is 5.11. The Kier molecular flexibility index (Phi) is 3.69. The van der Waals surface area contributed by atoms with E-state index in [0.29, 0.717) is 10.4 Å². The van der Waals surface area contributed by atoms with Crippen LogP contribution in [0, 0.1) is 6.92 Å². The molecule has 0 aliphatic heterocycles. The van der Waals surface area contributed by atoms with Crippen LogP contribution in [-0.4, -0.2) is 19.5 Å². The van der Waals surface area contributed by atoms with Crippen molar-refractivity contribution in [1.82, 2.24) is 10.5 Å². The van der Waals surface area contributed by atoms with Gasteiger partial charge < -0.3 is 9.84 Å². The number of thiophene rings is 1. The first kappa shape index (κ1) is 13.7. The number of aryl methyl sites for hydroxylation is 1. The molecule has 1 amide bonds. The van der Waals surface area contributed by atoms with Gasteiger partial charge in [0.05, 0.1) is 12.7 Å². The minimum absolute atomic E-state index is 0.0626. The normalized spacial score (nSPS) is 11.5. The van der Waals surface area contributed by atoms with Gasteiger partial charge in [-0.25, -0.2) is 13.6 Å². The predicted octanol–water partition coefficient (Wildman–Crippen LogP) is 0.622. The third-order valence-corrected chi connectivity index (χ3v) is 4.82. The van der Waals surface area contributed by atoms with E-state index in [4.69, 9.17) is 9.66 Å². The van der Waals surface area contributed by atoms with Gasteiger partial charge in [-0.15, -0.1) is 11.3 Å². The molecule has 0 bridgehead atoms. The second-order valence-electron chi connectivity index (χ2n) is 3.79. The van der Waals surface area contributed by atoms with Gasteiger partial charge in [-0.2, -0.15) is 0 Å². The maximum Gasteiger partial charge on any atom is 0.290 e. The van der Waals surface area contributed by atoms with E-state index in [1.807, 2.05) is 0 Å². The average molecular weight is 301 g/mol. The number of nitrogens with two attached hydrogens (primary N) is 1. The summed E-state index contributed by atoms with van der Waals surface area (Å²) >= 11 is 1.01. The van der Waals surface area contributed by atoms with Gasteiger partial charge in [0, 0.05) is 10.4 Å². The lowest BCUT2D eigenvalue weighted by atomic mass is 10.3. The maximum atomic E-state index is 11.7. The molecule has 0 atom stereocenters. The first-order chi connectivity index (χ1) is 8.88. The minimum Gasteiger partial charge on any atom is -0.351 e. The van der Waals surface area contributed by atoms with Gasteiger partial charge in [-0.05, 0) is 19.1 Å². The van der Waals surface area contributed by atoms with Crippen LogP contribution in [0.5, 0.6) is 0 Å². The lowest BCUT2D eigenvalue weighted by Gasteiger charge is -2.00. The topological polar surface area (TPSA) is 115 Å². The molecule has 19 heavy (non-hydrogen) atoms. The van der Waals surface area contributed by atoms with E-state index < -0.39 is 15.9 Å². The largest absolute Gasteiger partial charge is 0.351 e. The van der Waals surface area contributed by atoms with Crippen LogP contribution < -0.4 is 10.5 Å². The molecule has 0 saturated carbocycles. The van der Waals surface area contributed by atoms with Crippen molar-refractivity contribution in [2.45, 2.75) is 17.7 Å². The number of aromatic nitrogens is 1. The van der Waals surface area contributed by atoms with Crippen molar-refractivity contribution < 1.29 is 17.7 Å². The number of amides is 1. The number of nitrogens with zero attached hydrogens (tertiary/aromatic N) is 1. The summed E-state index contributed by atoms with van der Waals surface area (Å²) in [5, 5.41) is 11.1. The van der Waals surface area contributed by atoms with Gasteiger partial charge in [0.2, 0.25) is 15.8 Å². The van der Waals surface area contributed by atoms with Crippen molar-refractivity contribution in [3.05, 3.63) is 34.5 Å². The van der Waals surface area contributed by atoms with Crippen molar-refractivity contribution in [3.63, 3.8) is 0 Å². The molecule has 7 nitrogen and oxygen atoms in total. The Morgan fingerprint density at radius 3 is 2.79 bits per heavy atom. The lowest BCUT2D eigenvalue weighted by molar-refractivity contribution is 0.0913. The molecule has 9 heteroatoms. The van der Waals surface area contributed by atoms with Crippen molar-refractivity contribution in [3.8, 4) is 0 Å². The number of carbonyl (C=O) groups is 1. The fraction of sp³-hybridized carbons (Fsp3) is 0.200. The fourth-order valence-electron chi connectivity index (χ4n) is 1.36.